The van der Waals surface area contributed by atoms with Crippen LogP contribution in [0.25, 0.3) is 0 Å². The predicted molar refractivity (Wildman–Crippen MR) is 91.3 cm³/mol. The van der Waals surface area contributed by atoms with Crippen molar-refractivity contribution in [1.29, 1.82) is 0 Å². The van der Waals surface area contributed by atoms with Gasteiger partial charge in [0.25, 0.3) is 5.91 Å². The van der Waals surface area contributed by atoms with Crippen LogP contribution < -0.4 is 5.73 Å². The maximum absolute atomic E-state index is 11.5. The smallest absolute Gasteiger partial charge is 0.338 e. The van der Waals surface area contributed by atoms with Gasteiger partial charge in [-0.2, -0.15) is 0 Å². The molecule has 0 radical (unpaired) electrons. The van der Waals surface area contributed by atoms with Crippen molar-refractivity contribution in [2.75, 3.05) is 13.5 Å². The van der Waals surface area contributed by atoms with E-state index in [0.717, 1.165) is 20.2 Å². The van der Waals surface area contributed by atoms with Crippen molar-refractivity contribution in [1.82, 2.24) is 4.90 Å². The second-order valence-corrected chi connectivity index (χ2v) is 7.67. The number of aliphatic hydroxyl groups is 3. The van der Waals surface area contributed by atoms with Crippen molar-refractivity contribution < 1.29 is 39.4 Å². The van der Waals surface area contributed by atoms with Crippen LogP contribution in [-0.4, -0.2) is 96.8 Å². The van der Waals surface area contributed by atoms with E-state index in [1.807, 2.05) is 0 Å². The molecule has 6 N–H and O–H groups in total. The fraction of sp³-hybridized carbons (Fsp3) is 0.714. The van der Waals surface area contributed by atoms with Crippen molar-refractivity contribution in [3.05, 3.63) is 0 Å². The van der Waals surface area contributed by atoms with Crippen LogP contribution in [0.3, 0.4) is 0 Å². The molecule has 4 aliphatic heterocycles. The summed E-state index contributed by atoms with van der Waals surface area (Å²) < 4.78 is 16.5. The zero-order valence-electron chi connectivity index (χ0n) is 14.7. The molecule has 14 heteroatoms. The molecule has 4 rings (SSSR count). The number of rotatable bonds is 3. The van der Waals surface area contributed by atoms with Gasteiger partial charge in [0.15, 0.2) is 23.8 Å². The minimum Gasteiger partial charge on any atom is -0.479 e. The Morgan fingerprint density at radius 3 is 2.68 bits per heavy atom. The molecule has 4 aliphatic rings. The van der Waals surface area contributed by atoms with Crippen molar-refractivity contribution in [2.45, 2.75) is 48.0 Å². The molecule has 0 aromatic rings. The third-order valence-electron chi connectivity index (χ3n) is 5.60. The molecule has 6 atom stereocenters. The number of ether oxygens (including phenoxy) is 3. The lowest BCUT2D eigenvalue weighted by Crippen LogP contribution is -2.69. The molecule has 0 amide bonds. The Hall–Kier alpha value is -1.71. The molecule has 0 saturated carbocycles. The number of nitrogens with two attached hydrogens (primary N) is 1. The number of carboxylic acids is 1. The Kier molecular flexibility index (Phi) is 3.82. The average Bonchev–Trinajstić information content (AvgIpc) is 3.08. The van der Waals surface area contributed by atoms with E-state index in [0.29, 0.717) is 0 Å². The molecule has 2 saturated heterocycles. The summed E-state index contributed by atoms with van der Waals surface area (Å²) in [7, 11) is 0. The lowest BCUT2D eigenvalue weighted by molar-refractivity contribution is -0.467. The maximum atomic E-state index is 11.5. The molecule has 0 aliphatic carbocycles. The second-order valence-electron chi connectivity index (χ2n) is 7.09. The highest BCUT2D eigenvalue weighted by Crippen LogP contribution is 2.58. The first-order valence-electron chi connectivity index (χ1n) is 8.10. The van der Waals surface area contributed by atoms with E-state index in [1.54, 1.807) is 0 Å². The molecule has 2 fully saturated rings. The van der Waals surface area contributed by atoms with Crippen LogP contribution >= 0.6 is 11.6 Å². The van der Waals surface area contributed by atoms with Gasteiger partial charge in [0.05, 0.1) is 0 Å². The number of hydrogen-bond donors (Lipinski definition) is 5. The number of alkyl halides is 1. The molecule has 0 spiro atoms. The number of carboxylic acid groups (broad SMARTS) is 1. The quantitative estimate of drug-likeness (QED) is 0.238. The first kappa shape index (κ1) is 19.6. The van der Waals surface area contributed by atoms with Gasteiger partial charge in [-0.3, -0.25) is 20.4 Å². The minimum atomic E-state index is -2.56. The SMILES string of the molecule is C[C@]1(O)[C@@]2(N3CN=C4C3=NC=NC4(N)Cl)OCO[C@](C(O)C(=O)O)(O2)[C@@]1(C)O. The van der Waals surface area contributed by atoms with Gasteiger partial charge in [0.2, 0.25) is 17.0 Å². The Bertz CT molecular complexity index is 842. The largest absolute Gasteiger partial charge is 0.479 e. The van der Waals surface area contributed by atoms with Gasteiger partial charge in [-0.15, -0.1) is 0 Å². The molecule has 0 aromatic heterocycles. The Morgan fingerprint density at radius 1 is 1.36 bits per heavy atom. The maximum Gasteiger partial charge on any atom is 0.338 e. The molecule has 2 bridgehead atoms. The summed E-state index contributed by atoms with van der Waals surface area (Å²) >= 11 is 6.13. The summed E-state index contributed by atoms with van der Waals surface area (Å²) in [6, 6.07) is 0. The molecule has 2 unspecified atom stereocenters. The summed E-state index contributed by atoms with van der Waals surface area (Å²) in [6.45, 7) is 1.35. The first-order valence-corrected chi connectivity index (χ1v) is 8.48. The van der Waals surface area contributed by atoms with Crippen molar-refractivity contribution in [3.63, 3.8) is 0 Å². The molecule has 4 heterocycles. The van der Waals surface area contributed by atoms with Gasteiger partial charge in [0, 0.05) is 0 Å². The number of aliphatic hydroxyl groups excluding tert-OH is 1. The number of halogens is 1. The highest BCUT2D eigenvalue weighted by molar-refractivity contribution is 6.56. The average molecular weight is 420 g/mol. The van der Waals surface area contributed by atoms with Crippen LogP contribution in [-0.2, 0) is 19.0 Å². The van der Waals surface area contributed by atoms with E-state index in [2.05, 4.69) is 15.0 Å². The van der Waals surface area contributed by atoms with Crippen LogP contribution in [0.15, 0.2) is 15.0 Å². The second kappa shape index (κ2) is 5.46. The number of hydrogen-bond acceptors (Lipinski definition) is 12. The lowest BCUT2D eigenvalue weighted by atomic mass is 9.77. The van der Waals surface area contributed by atoms with E-state index in [-0.39, 0.29) is 18.2 Å². The first-order chi connectivity index (χ1) is 12.8. The number of nitrogens with zero attached hydrogens (tertiary/aromatic N) is 4. The molecular formula is C14H18ClN5O8. The summed E-state index contributed by atoms with van der Waals surface area (Å²) in [5.74, 6) is -6.51. The van der Waals surface area contributed by atoms with E-state index >= 15 is 0 Å². The van der Waals surface area contributed by atoms with Crippen molar-refractivity contribution in [2.24, 2.45) is 20.7 Å². The van der Waals surface area contributed by atoms with E-state index in [1.165, 1.54) is 4.90 Å². The van der Waals surface area contributed by atoms with Crippen LogP contribution in [0.1, 0.15) is 13.8 Å². The van der Waals surface area contributed by atoms with E-state index < -0.39 is 46.9 Å². The van der Waals surface area contributed by atoms with Gasteiger partial charge in [0.1, 0.15) is 18.7 Å². The summed E-state index contributed by atoms with van der Waals surface area (Å²) in [6.07, 6.45) is -1.28. The third kappa shape index (κ3) is 1.99. The van der Waals surface area contributed by atoms with E-state index in [9.17, 15) is 25.2 Å². The standard InChI is InChI=1S/C14H18ClN5O8/c1-10(24)11(2,25)14(27-5-26-12(10,28-14)7(21)9(22)23)20-4-18-6-8(20)17-3-19-13(6,15)16/h3,7,21,24-25H,4-5,16H2,1-2H3,(H,22,23)/t7?,10-,11+,12+,13?,14+/m0/s1. The number of carbonyl (C=O) groups is 1. The summed E-state index contributed by atoms with van der Waals surface area (Å²) in [4.78, 5) is 24.7. The highest BCUT2D eigenvalue weighted by atomic mass is 35.5. The number of fused-ring (bicyclic) bond motifs is 3. The summed E-state index contributed by atoms with van der Waals surface area (Å²) in [5, 5.41) is 40.2. The van der Waals surface area contributed by atoms with E-state index in [4.69, 9.17) is 31.5 Å². The normalized spacial score (nSPS) is 48.2. The topological polar surface area (TPSA) is 192 Å². The van der Waals surface area contributed by atoms with Crippen LogP contribution in [0, 0.1) is 0 Å². The molecule has 13 nitrogen and oxygen atoms in total. The molecule has 0 aromatic carbocycles. The molecule has 28 heavy (non-hydrogen) atoms. The molecular weight excluding hydrogens is 402 g/mol. The van der Waals surface area contributed by atoms with Gasteiger partial charge in [-0.25, -0.2) is 14.8 Å². The highest BCUT2D eigenvalue weighted by Gasteiger charge is 2.84. The summed E-state index contributed by atoms with van der Waals surface area (Å²) in [5.41, 5.74) is 1.12. The van der Waals surface area contributed by atoms with Gasteiger partial charge in [-0.05, 0) is 13.8 Å². The molecule has 154 valence electrons. The van der Waals surface area contributed by atoms with Crippen molar-refractivity contribution >= 4 is 35.5 Å². The number of amidine groups is 1. The monoisotopic (exact) mass is 419 g/mol. The van der Waals surface area contributed by atoms with Gasteiger partial charge >= 0.3 is 5.97 Å². The van der Waals surface area contributed by atoms with Gasteiger partial charge in [-0.1, -0.05) is 11.6 Å². The van der Waals surface area contributed by atoms with Crippen LogP contribution in [0.4, 0.5) is 0 Å². The third-order valence-corrected chi connectivity index (χ3v) is 5.88. The Labute approximate surface area is 162 Å². The Balaban J connectivity index is 1.85. The Morgan fingerprint density at radius 2 is 2.04 bits per heavy atom. The number of aliphatic imine (C=N–C) groups is 3. The number of aliphatic carboxylic acids is 1. The zero-order chi connectivity index (χ0) is 20.8. The lowest BCUT2D eigenvalue weighted by Gasteiger charge is -2.47. The zero-order valence-corrected chi connectivity index (χ0v) is 15.5. The van der Waals surface area contributed by atoms with Crippen molar-refractivity contribution in [3.8, 4) is 0 Å². The minimum absolute atomic E-state index is 0.0334. The van der Waals surface area contributed by atoms with Crippen LogP contribution in [0.5, 0.6) is 0 Å². The van der Waals surface area contributed by atoms with Crippen LogP contribution in [0.2, 0.25) is 0 Å². The fourth-order valence-corrected chi connectivity index (χ4v) is 4.00. The van der Waals surface area contributed by atoms with Gasteiger partial charge < -0.3 is 29.9 Å². The fourth-order valence-electron chi connectivity index (χ4n) is 3.81. The predicted octanol–water partition coefficient (Wildman–Crippen LogP) is -2.68.